The van der Waals surface area contributed by atoms with Crippen LogP contribution in [-0.2, 0) is 10.2 Å². The van der Waals surface area contributed by atoms with Crippen molar-refractivity contribution >= 4 is 5.91 Å². The molecule has 7 nitrogen and oxygen atoms in total. The predicted molar refractivity (Wildman–Crippen MR) is 116 cm³/mol. The minimum Gasteiger partial charge on any atom is -0.477 e. The van der Waals surface area contributed by atoms with Gasteiger partial charge in [0.25, 0.3) is 0 Å². The molecule has 1 amide bonds. The number of ether oxygens (including phenoxy) is 1. The summed E-state index contributed by atoms with van der Waals surface area (Å²) in [5.74, 6) is -0.152. The van der Waals surface area contributed by atoms with Gasteiger partial charge in [-0.25, -0.2) is 9.37 Å². The number of nitrogens with one attached hydrogen (secondary N) is 2. The zero-order valence-electron chi connectivity index (χ0n) is 18.2. The van der Waals surface area contributed by atoms with Crippen LogP contribution >= 0.6 is 0 Å². The molecule has 0 aliphatic carbocycles. The van der Waals surface area contributed by atoms with Crippen molar-refractivity contribution in [1.29, 1.82) is 0 Å². The molecule has 1 atom stereocenters. The average molecular weight is 428 g/mol. The normalized spacial score (nSPS) is 21.1. The van der Waals surface area contributed by atoms with Gasteiger partial charge < -0.3 is 20.3 Å². The Labute approximate surface area is 182 Å². The molecule has 2 N–H and O–H groups in total. The number of hydrogen-bond donors (Lipinski definition) is 2. The number of rotatable bonds is 6. The zero-order valence-corrected chi connectivity index (χ0v) is 18.2. The number of carbonyl (C=O) groups is 1. The minimum absolute atomic E-state index is 0.0281. The van der Waals surface area contributed by atoms with Crippen LogP contribution in [0.25, 0.3) is 11.3 Å². The fourth-order valence-corrected chi connectivity index (χ4v) is 4.60. The van der Waals surface area contributed by atoms with E-state index in [0.29, 0.717) is 49.5 Å². The molecule has 2 aliphatic rings. The molecule has 2 aliphatic heterocycles. The first-order valence-corrected chi connectivity index (χ1v) is 11.0. The molecule has 0 radical (unpaired) electrons. The van der Waals surface area contributed by atoms with Crippen molar-refractivity contribution in [1.82, 2.24) is 25.5 Å². The highest BCUT2D eigenvalue weighted by molar-refractivity contribution is 5.89. The lowest BCUT2D eigenvalue weighted by atomic mass is 9.72. The van der Waals surface area contributed by atoms with E-state index in [0.717, 1.165) is 19.5 Å². The summed E-state index contributed by atoms with van der Waals surface area (Å²) < 4.78 is 20.8. The SMILES string of the molecule is CCOc1ncccc1-c1ncc(C2(C(=O)N[C@H]3CCN(C)C3)CCNCC2)cc1F. The maximum atomic E-state index is 15.3. The van der Waals surface area contributed by atoms with Gasteiger partial charge in [0, 0.05) is 25.0 Å². The molecular formula is C23H30FN5O2. The van der Waals surface area contributed by atoms with Gasteiger partial charge >= 0.3 is 0 Å². The monoisotopic (exact) mass is 427 g/mol. The first-order chi connectivity index (χ1) is 15.0. The van der Waals surface area contributed by atoms with Gasteiger partial charge in [-0.2, -0.15) is 0 Å². The summed E-state index contributed by atoms with van der Waals surface area (Å²) in [6.07, 6.45) is 5.41. The van der Waals surface area contributed by atoms with Crippen molar-refractivity contribution in [2.75, 3.05) is 39.8 Å². The van der Waals surface area contributed by atoms with Crippen molar-refractivity contribution < 1.29 is 13.9 Å². The van der Waals surface area contributed by atoms with Crippen LogP contribution in [0.5, 0.6) is 5.88 Å². The van der Waals surface area contributed by atoms with Crippen molar-refractivity contribution in [3.63, 3.8) is 0 Å². The molecular weight excluding hydrogens is 397 g/mol. The molecule has 8 heteroatoms. The second kappa shape index (κ2) is 9.28. The van der Waals surface area contributed by atoms with Gasteiger partial charge in [-0.3, -0.25) is 9.78 Å². The number of aromatic nitrogens is 2. The highest BCUT2D eigenvalue weighted by Gasteiger charge is 2.43. The fourth-order valence-electron chi connectivity index (χ4n) is 4.60. The number of carbonyl (C=O) groups excluding carboxylic acids is 1. The Hall–Kier alpha value is -2.58. The van der Waals surface area contributed by atoms with E-state index >= 15 is 4.39 Å². The van der Waals surface area contributed by atoms with E-state index in [1.807, 2.05) is 6.92 Å². The lowest BCUT2D eigenvalue weighted by Crippen LogP contribution is -2.53. The Bertz CT molecular complexity index is 932. The van der Waals surface area contributed by atoms with Crippen LogP contribution in [0.1, 0.15) is 31.7 Å². The Morgan fingerprint density at radius 2 is 2.19 bits per heavy atom. The highest BCUT2D eigenvalue weighted by atomic mass is 19.1. The van der Waals surface area contributed by atoms with E-state index in [2.05, 4.69) is 32.5 Å². The van der Waals surface area contributed by atoms with E-state index < -0.39 is 11.2 Å². The second-order valence-corrected chi connectivity index (χ2v) is 8.40. The van der Waals surface area contributed by atoms with Gasteiger partial charge in [0.1, 0.15) is 11.5 Å². The van der Waals surface area contributed by atoms with Crippen molar-refractivity contribution in [3.8, 4) is 17.1 Å². The van der Waals surface area contributed by atoms with E-state index in [-0.39, 0.29) is 17.6 Å². The van der Waals surface area contributed by atoms with Crippen LogP contribution in [-0.4, -0.2) is 66.7 Å². The van der Waals surface area contributed by atoms with Crippen LogP contribution < -0.4 is 15.4 Å². The third kappa shape index (κ3) is 4.41. The third-order valence-electron chi connectivity index (χ3n) is 6.32. The molecule has 0 aromatic carbocycles. The van der Waals surface area contributed by atoms with Crippen molar-refractivity contribution in [2.24, 2.45) is 0 Å². The molecule has 0 unspecified atom stereocenters. The average Bonchev–Trinajstić information content (AvgIpc) is 3.19. The quantitative estimate of drug-likeness (QED) is 0.735. The Morgan fingerprint density at radius 1 is 1.39 bits per heavy atom. The number of hydrogen-bond acceptors (Lipinski definition) is 6. The molecule has 0 saturated carbocycles. The van der Waals surface area contributed by atoms with Crippen LogP contribution in [0.3, 0.4) is 0 Å². The Morgan fingerprint density at radius 3 is 2.87 bits per heavy atom. The van der Waals surface area contributed by atoms with Crippen molar-refractivity contribution in [2.45, 2.75) is 37.6 Å². The van der Waals surface area contributed by atoms with Gasteiger partial charge in [0.2, 0.25) is 11.8 Å². The largest absolute Gasteiger partial charge is 0.477 e. The summed E-state index contributed by atoms with van der Waals surface area (Å²) in [7, 11) is 2.05. The molecule has 2 fully saturated rings. The summed E-state index contributed by atoms with van der Waals surface area (Å²) in [6, 6.07) is 5.07. The number of nitrogens with zero attached hydrogens (tertiary/aromatic N) is 3. The van der Waals surface area contributed by atoms with E-state index in [1.54, 1.807) is 24.5 Å². The highest BCUT2D eigenvalue weighted by Crippen LogP contribution is 2.36. The second-order valence-electron chi connectivity index (χ2n) is 8.40. The number of piperidine rings is 1. The van der Waals surface area contributed by atoms with E-state index in [1.165, 1.54) is 6.07 Å². The molecule has 4 rings (SSSR count). The van der Waals surface area contributed by atoms with Crippen molar-refractivity contribution in [3.05, 3.63) is 42.0 Å². The molecule has 2 aromatic heterocycles. The van der Waals surface area contributed by atoms with Gasteiger partial charge in [-0.1, -0.05) is 0 Å². The number of likely N-dealkylation sites (N-methyl/N-ethyl adjacent to an activating group) is 1. The Balaban J connectivity index is 1.65. The lowest BCUT2D eigenvalue weighted by Gasteiger charge is -2.37. The minimum atomic E-state index is -0.781. The Kier molecular flexibility index (Phi) is 6.48. The maximum absolute atomic E-state index is 15.3. The molecule has 2 aromatic rings. The summed E-state index contributed by atoms with van der Waals surface area (Å²) in [5.41, 5.74) is 0.533. The van der Waals surface area contributed by atoms with Crippen LogP contribution in [0.4, 0.5) is 4.39 Å². The number of pyridine rings is 2. The summed E-state index contributed by atoms with van der Waals surface area (Å²) >= 11 is 0. The van der Waals surface area contributed by atoms with Crippen LogP contribution in [0.2, 0.25) is 0 Å². The smallest absolute Gasteiger partial charge is 0.231 e. The van der Waals surface area contributed by atoms with E-state index in [4.69, 9.17) is 4.74 Å². The molecule has 2 saturated heterocycles. The van der Waals surface area contributed by atoms with Crippen LogP contribution in [0, 0.1) is 5.82 Å². The number of halogens is 1. The summed E-state index contributed by atoms with van der Waals surface area (Å²) in [4.78, 5) is 24.3. The lowest BCUT2D eigenvalue weighted by molar-refractivity contribution is -0.128. The predicted octanol–water partition coefficient (Wildman–Crippen LogP) is 2.12. The standard InChI is InChI=1S/C23H30FN5O2/c1-3-31-21-18(5-4-9-26-21)20-19(24)13-16(14-27-20)23(7-10-25-11-8-23)22(30)28-17-6-12-29(2)15-17/h4-5,9,13-14,17,25H,3,6-8,10-12,15H2,1-2H3,(H,28,30)/t17-/m0/s1. The topological polar surface area (TPSA) is 79.4 Å². The number of amides is 1. The zero-order chi connectivity index (χ0) is 21.8. The van der Waals surface area contributed by atoms with Gasteiger partial charge in [0.15, 0.2) is 0 Å². The first-order valence-electron chi connectivity index (χ1n) is 11.0. The van der Waals surface area contributed by atoms with Gasteiger partial charge in [-0.05, 0) is 76.6 Å². The first kappa shape index (κ1) is 21.6. The molecule has 0 bridgehead atoms. The molecule has 166 valence electrons. The fraction of sp³-hybridized carbons (Fsp3) is 0.522. The molecule has 4 heterocycles. The molecule has 31 heavy (non-hydrogen) atoms. The van der Waals surface area contributed by atoms with Gasteiger partial charge in [0.05, 0.1) is 17.6 Å². The van der Waals surface area contributed by atoms with E-state index in [9.17, 15) is 4.79 Å². The van der Waals surface area contributed by atoms with Crippen LogP contribution in [0.15, 0.2) is 30.6 Å². The number of likely N-dealkylation sites (tertiary alicyclic amines) is 1. The summed E-state index contributed by atoms with van der Waals surface area (Å²) in [5, 5.41) is 6.53. The molecule has 0 spiro atoms. The third-order valence-corrected chi connectivity index (χ3v) is 6.32. The van der Waals surface area contributed by atoms with Gasteiger partial charge in [-0.15, -0.1) is 0 Å². The maximum Gasteiger partial charge on any atom is 0.231 e. The summed E-state index contributed by atoms with van der Waals surface area (Å²) in [6.45, 7) is 5.50.